The Morgan fingerprint density at radius 1 is 0.667 bits per heavy atom. The third-order valence-corrected chi connectivity index (χ3v) is 11.5. The van der Waals surface area contributed by atoms with Gasteiger partial charge in [0.1, 0.15) is 6.10 Å². The third-order valence-electron chi connectivity index (χ3n) is 6.42. The van der Waals surface area contributed by atoms with Gasteiger partial charge in [0.05, 0.1) is 17.9 Å². The zero-order valence-corrected chi connectivity index (χ0v) is 19.3. The molecule has 3 nitrogen and oxygen atoms in total. The molecule has 0 spiro atoms. The van der Waals surface area contributed by atoms with E-state index in [4.69, 9.17) is 9.47 Å². The highest BCUT2D eigenvalue weighted by Gasteiger charge is 2.53. The molecular formula is C29H26O3Si. The van der Waals surface area contributed by atoms with Crippen molar-refractivity contribution in [1.82, 2.24) is 0 Å². The van der Waals surface area contributed by atoms with Crippen molar-refractivity contribution in [2.45, 2.75) is 18.3 Å². The first-order valence-corrected chi connectivity index (χ1v) is 13.4. The topological polar surface area (TPSA) is 35.5 Å². The van der Waals surface area contributed by atoms with Crippen LogP contribution in [0.4, 0.5) is 0 Å². The molecule has 4 aromatic rings. The molecule has 5 rings (SSSR count). The zero-order chi connectivity index (χ0) is 22.5. The van der Waals surface area contributed by atoms with Crippen LogP contribution in [0.15, 0.2) is 121 Å². The summed E-state index contributed by atoms with van der Waals surface area (Å²) < 4.78 is 12.7. The van der Waals surface area contributed by atoms with Gasteiger partial charge in [0.15, 0.2) is 8.07 Å². The Bertz CT molecular complexity index is 1080. The summed E-state index contributed by atoms with van der Waals surface area (Å²) in [7, 11) is -2.72. The Labute approximate surface area is 195 Å². The summed E-state index contributed by atoms with van der Waals surface area (Å²) in [5, 5.41) is 3.74. The van der Waals surface area contributed by atoms with Crippen molar-refractivity contribution in [3.63, 3.8) is 0 Å². The van der Waals surface area contributed by atoms with Gasteiger partial charge in [-0.15, -0.1) is 0 Å². The van der Waals surface area contributed by atoms with Crippen molar-refractivity contribution < 1.29 is 14.3 Å². The maximum atomic E-state index is 13.0. The second kappa shape index (κ2) is 9.57. The van der Waals surface area contributed by atoms with E-state index >= 15 is 0 Å². The fraction of sp³-hybridized carbons (Fsp3) is 0.138. The Kier molecular flexibility index (Phi) is 6.20. The highest BCUT2D eigenvalue weighted by molar-refractivity contribution is 7.12. The molecule has 4 heteroatoms. The lowest BCUT2D eigenvalue weighted by Gasteiger charge is -2.40. The minimum absolute atomic E-state index is 0.239. The largest absolute Gasteiger partial charge is 0.456 e. The van der Waals surface area contributed by atoms with Crippen molar-refractivity contribution >= 4 is 29.6 Å². The van der Waals surface area contributed by atoms with Gasteiger partial charge in [-0.2, -0.15) is 0 Å². The molecule has 1 aliphatic rings. The quantitative estimate of drug-likeness (QED) is 0.255. The summed E-state index contributed by atoms with van der Waals surface area (Å²) in [4.78, 5) is 13.0. The van der Waals surface area contributed by atoms with Crippen LogP contribution in [0.2, 0.25) is 0 Å². The number of carbonyl (C=O) groups is 1. The average Bonchev–Trinajstić information content (AvgIpc) is 3.35. The van der Waals surface area contributed by atoms with Gasteiger partial charge in [-0.05, 0) is 27.7 Å². The molecule has 0 bridgehead atoms. The van der Waals surface area contributed by atoms with Gasteiger partial charge >= 0.3 is 5.97 Å². The standard InChI is InChI=1S/C29H26O3Si/c30-28(23-13-5-1-6-14-23)32-27-21-22-31-29(27)33(24-15-7-2-8-16-24,25-17-9-3-10-18-25)26-19-11-4-12-20-26/h1-20,27,29H,21-22H2/t27-,29-/m0/s1. The summed E-state index contributed by atoms with van der Waals surface area (Å²) in [5.41, 5.74) is 0.326. The van der Waals surface area contributed by atoms with Crippen molar-refractivity contribution in [1.29, 1.82) is 0 Å². The van der Waals surface area contributed by atoms with Crippen LogP contribution < -0.4 is 15.6 Å². The Morgan fingerprint density at radius 2 is 1.09 bits per heavy atom. The van der Waals surface area contributed by atoms with Gasteiger partial charge in [-0.1, -0.05) is 109 Å². The van der Waals surface area contributed by atoms with Crippen LogP contribution in [0.5, 0.6) is 0 Å². The van der Waals surface area contributed by atoms with E-state index in [2.05, 4.69) is 72.8 Å². The van der Waals surface area contributed by atoms with Crippen LogP contribution in [0.1, 0.15) is 16.8 Å². The van der Waals surface area contributed by atoms with Crippen molar-refractivity contribution in [2.75, 3.05) is 6.61 Å². The first-order valence-electron chi connectivity index (χ1n) is 11.3. The molecule has 1 fully saturated rings. The van der Waals surface area contributed by atoms with E-state index in [1.165, 1.54) is 15.6 Å². The molecule has 0 aliphatic carbocycles. The van der Waals surface area contributed by atoms with E-state index < -0.39 is 8.07 Å². The molecule has 0 unspecified atom stereocenters. The van der Waals surface area contributed by atoms with Gasteiger partial charge in [0, 0.05) is 6.42 Å². The molecule has 1 heterocycles. The minimum atomic E-state index is -2.72. The van der Waals surface area contributed by atoms with Crippen LogP contribution in [-0.4, -0.2) is 32.5 Å². The summed E-state index contributed by atoms with van der Waals surface area (Å²) in [6, 6.07) is 41.0. The predicted molar refractivity (Wildman–Crippen MR) is 134 cm³/mol. The van der Waals surface area contributed by atoms with Crippen LogP contribution >= 0.6 is 0 Å². The molecule has 0 saturated carbocycles. The third kappa shape index (κ3) is 4.04. The van der Waals surface area contributed by atoms with Crippen molar-refractivity contribution in [2.24, 2.45) is 0 Å². The number of esters is 1. The van der Waals surface area contributed by atoms with Gasteiger partial charge < -0.3 is 9.47 Å². The number of ether oxygens (including phenoxy) is 2. The first kappa shape index (κ1) is 21.4. The molecular weight excluding hydrogens is 424 g/mol. The van der Waals surface area contributed by atoms with Gasteiger partial charge in [-0.3, -0.25) is 0 Å². The Balaban J connectivity index is 1.66. The van der Waals surface area contributed by atoms with Gasteiger partial charge in [-0.25, -0.2) is 4.79 Å². The molecule has 0 N–H and O–H groups in total. The fourth-order valence-electron chi connectivity index (χ4n) is 4.97. The molecule has 0 radical (unpaired) electrons. The number of benzene rings is 4. The lowest BCUT2D eigenvalue weighted by molar-refractivity contribution is 0.0188. The Morgan fingerprint density at radius 3 is 1.55 bits per heavy atom. The molecule has 0 amide bonds. The molecule has 164 valence electrons. The van der Waals surface area contributed by atoms with Crippen molar-refractivity contribution in [3.05, 3.63) is 127 Å². The molecule has 1 saturated heterocycles. The second-order valence-electron chi connectivity index (χ2n) is 8.30. The number of carbonyl (C=O) groups excluding carboxylic acids is 1. The van der Waals surface area contributed by atoms with E-state index in [0.29, 0.717) is 18.6 Å². The minimum Gasteiger partial charge on any atom is -0.456 e. The van der Waals surface area contributed by atoms with Gasteiger partial charge in [0.2, 0.25) is 0 Å². The molecule has 1 aliphatic heterocycles. The van der Waals surface area contributed by atoms with Crippen molar-refractivity contribution in [3.8, 4) is 0 Å². The molecule has 4 aromatic carbocycles. The smallest absolute Gasteiger partial charge is 0.338 e. The summed E-state index contributed by atoms with van der Waals surface area (Å²) in [5.74, 6) is -0.298. The summed E-state index contributed by atoms with van der Waals surface area (Å²) >= 11 is 0. The monoisotopic (exact) mass is 450 g/mol. The van der Waals surface area contributed by atoms with E-state index in [-0.39, 0.29) is 17.8 Å². The highest BCUT2D eigenvalue weighted by Crippen LogP contribution is 2.27. The maximum Gasteiger partial charge on any atom is 0.338 e. The normalized spacial score (nSPS) is 18.1. The lowest BCUT2D eigenvalue weighted by atomic mass is 10.2. The molecule has 0 aromatic heterocycles. The van der Waals surface area contributed by atoms with E-state index in [0.717, 1.165) is 0 Å². The lowest BCUT2D eigenvalue weighted by Crippen LogP contribution is -2.76. The number of rotatable bonds is 6. The van der Waals surface area contributed by atoms with E-state index in [9.17, 15) is 4.79 Å². The first-order chi connectivity index (χ1) is 16.3. The van der Waals surface area contributed by atoms with Crippen LogP contribution in [0, 0.1) is 0 Å². The number of hydrogen-bond donors (Lipinski definition) is 0. The van der Waals surface area contributed by atoms with Crippen LogP contribution in [0.3, 0.4) is 0 Å². The van der Waals surface area contributed by atoms with E-state index in [1.54, 1.807) is 12.1 Å². The predicted octanol–water partition coefficient (Wildman–Crippen LogP) is 3.71. The summed E-state index contributed by atoms with van der Waals surface area (Å²) in [6.45, 7) is 0.568. The average molecular weight is 451 g/mol. The zero-order valence-electron chi connectivity index (χ0n) is 18.3. The van der Waals surface area contributed by atoms with Gasteiger partial charge in [0.25, 0.3) is 0 Å². The Hall–Kier alpha value is -3.47. The maximum absolute atomic E-state index is 13.0. The highest BCUT2D eigenvalue weighted by atomic mass is 28.3. The second-order valence-corrected chi connectivity index (χ2v) is 12.2. The summed E-state index contributed by atoms with van der Waals surface area (Å²) in [6.07, 6.45) is 0.356. The molecule has 2 atom stereocenters. The SMILES string of the molecule is O=C(O[C@H]1CCO[C@H]1[Si](c1ccccc1)(c1ccccc1)c1ccccc1)c1ccccc1. The van der Waals surface area contributed by atoms with Crippen LogP contribution in [-0.2, 0) is 9.47 Å². The van der Waals surface area contributed by atoms with E-state index in [1.807, 2.05) is 36.4 Å². The van der Waals surface area contributed by atoms with Crippen LogP contribution in [0.25, 0.3) is 0 Å². The molecule has 33 heavy (non-hydrogen) atoms. The number of hydrogen-bond acceptors (Lipinski definition) is 3. The fourth-order valence-corrected chi connectivity index (χ4v) is 10.3.